The molecule has 1 aromatic carbocycles. The molecule has 12 nitrogen and oxygen atoms in total. The summed E-state index contributed by atoms with van der Waals surface area (Å²) in [6, 6.07) is 8.34. The summed E-state index contributed by atoms with van der Waals surface area (Å²) in [5.41, 5.74) is -5.12. The second-order valence-electron chi connectivity index (χ2n) is 13.1. The number of benzene rings is 1. The minimum Gasteiger partial charge on any atom is -0.355 e. The summed E-state index contributed by atoms with van der Waals surface area (Å²) in [6.07, 6.45) is 3.82. The third kappa shape index (κ3) is 8.17. The van der Waals surface area contributed by atoms with E-state index in [1.165, 1.54) is 22.3 Å². The van der Waals surface area contributed by atoms with E-state index in [2.05, 4.69) is 32.9 Å². The lowest BCUT2D eigenvalue weighted by atomic mass is 10.00. The van der Waals surface area contributed by atoms with Crippen LogP contribution in [0.3, 0.4) is 0 Å². The summed E-state index contributed by atoms with van der Waals surface area (Å²) in [6.45, 7) is 2.86. The Balaban J connectivity index is 1.31. The Kier molecular flexibility index (Phi) is 11.1. The van der Waals surface area contributed by atoms with Crippen LogP contribution in [-0.2, 0) is 16.6 Å². The van der Waals surface area contributed by atoms with Crippen LogP contribution in [0.2, 0.25) is 5.02 Å². The maximum atomic E-state index is 14.0. The summed E-state index contributed by atoms with van der Waals surface area (Å²) in [7, 11) is -4.22. The maximum absolute atomic E-state index is 14.0. The lowest BCUT2D eigenvalue weighted by Gasteiger charge is -2.38. The molecule has 5 heterocycles. The molecule has 0 aliphatic carbocycles. The Morgan fingerprint density at radius 2 is 1.86 bits per heavy atom. The molecule has 56 heavy (non-hydrogen) atoms. The number of hydrogen-bond donors (Lipinski definition) is 1. The van der Waals surface area contributed by atoms with Gasteiger partial charge in [-0.1, -0.05) is 23.4 Å². The van der Waals surface area contributed by atoms with E-state index in [9.17, 15) is 45.2 Å². The number of hydrogen-bond acceptors (Lipinski definition) is 11. The third-order valence-corrected chi connectivity index (χ3v) is 11.5. The standard InChI is InChI=1S/C36H30ClF5N8O4S2/c1-20-46-28-17-45-32(48(3)23-9-13-49(14-10-23)19-35(2,38)39)26(16-43)29(28)34(52)50(20)12-4-5-21-6-7-22(37)15-25(21)24-8-11-44-30-27(18-55-31(24)30)33(51)47-56(53,54)36(40,41)42/h6-8,11,15,17-18,23H,9-10,12-14,19H2,1-3H3,(H,47,51). The second kappa shape index (κ2) is 15.4. The van der Waals surface area contributed by atoms with Gasteiger partial charge in [0.05, 0.1) is 46.0 Å². The Bertz CT molecular complexity index is 2650. The van der Waals surface area contributed by atoms with Crippen LogP contribution >= 0.6 is 22.9 Å². The van der Waals surface area contributed by atoms with Crippen LogP contribution in [0, 0.1) is 30.1 Å². The van der Waals surface area contributed by atoms with E-state index in [-0.39, 0.29) is 52.5 Å². The van der Waals surface area contributed by atoms with Crippen molar-refractivity contribution in [2.75, 3.05) is 31.6 Å². The number of nitrogens with zero attached hydrogens (tertiary/aromatic N) is 7. The molecule has 1 amide bonds. The first kappa shape index (κ1) is 40.5. The van der Waals surface area contributed by atoms with Gasteiger partial charge < -0.3 is 4.90 Å². The van der Waals surface area contributed by atoms with Crippen LogP contribution < -0.4 is 15.2 Å². The van der Waals surface area contributed by atoms with Crippen molar-refractivity contribution in [3.05, 3.63) is 79.9 Å². The van der Waals surface area contributed by atoms with Crippen molar-refractivity contribution in [1.82, 2.24) is 29.1 Å². The molecule has 0 atom stereocenters. The van der Waals surface area contributed by atoms with E-state index in [4.69, 9.17) is 11.6 Å². The molecule has 4 aromatic heterocycles. The molecule has 1 fully saturated rings. The van der Waals surface area contributed by atoms with Crippen molar-refractivity contribution in [1.29, 1.82) is 5.26 Å². The van der Waals surface area contributed by atoms with Gasteiger partial charge in [-0.15, -0.1) is 11.3 Å². The minimum absolute atomic E-state index is 0.0217. The zero-order valence-electron chi connectivity index (χ0n) is 29.7. The number of alkyl halides is 5. The molecule has 0 radical (unpaired) electrons. The molecule has 292 valence electrons. The van der Waals surface area contributed by atoms with Gasteiger partial charge >= 0.3 is 15.5 Å². The molecule has 1 aliphatic heterocycles. The van der Waals surface area contributed by atoms with Crippen molar-refractivity contribution in [2.45, 2.75) is 50.7 Å². The number of likely N-dealkylation sites (tertiary alicyclic amines) is 1. The second-order valence-corrected chi connectivity index (χ2v) is 16.1. The highest BCUT2D eigenvalue weighted by Crippen LogP contribution is 2.37. The summed E-state index contributed by atoms with van der Waals surface area (Å²) < 4.78 is 91.8. The van der Waals surface area contributed by atoms with Crippen molar-refractivity contribution >= 4 is 65.8 Å². The van der Waals surface area contributed by atoms with Crippen molar-refractivity contribution in [2.24, 2.45) is 0 Å². The Labute approximate surface area is 325 Å². The summed E-state index contributed by atoms with van der Waals surface area (Å²) >= 11 is 7.29. The molecule has 1 saturated heterocycles. The molecular weight excluding hydrogens is 803 g/mol. The normalized spacial score (nSPS) is 14.4. The van der Waals surface area contributed by atoms with Gasteiger partial charge in [-0.05, 0) is 44.0 Å². The third-order valence-electron chi connectivity index (χ3n) is 9.19. The number of carbonyl (C=O) groups excluding carboxylic acids is 1. The van der Waals surface area contributed by atoms with E-state index in [0.29, 0.717) is 58.2 Å². The van der Waals surface area contributed by atoms with Gasteiger partial charge in [-0.2, -0.15) is 26.9 Å². The predicted molar refractivity (Wildman–Crippen MR) is 201 cm³/mol. The smallest absolute Gasteiger partial charge is 0.355 e. The Morgan fingerprint density at radius 1 is 1.14 bits per heavy atom. The van der Waals surface area contributed by atoms with Gasteiger partial charge in [0.1, 0.15) is 23.3 Å². The van der Waals surface area contributed by atoms with Gasteiger partial charge in [-0.3, -0.25) is 24.0 Å². The number of thiophene rings is 1. The van der Waals surface area contributed by atoms with Gasteiger partial charge in [0.25, 0.3) is 17.4 Å². The number of nitrogens with one attached hydrogen (secondary N) is 1. The number of pyridine rings is 2. The molecular formula is C36H30ClF5N8O4S2. The van der Waals surface area contributed by atoms with Crippen LogP contribution in [0.15, 0.2) is 46.8 Å². The fraction of sp³-hybridized carbons (Fsp3) is 0.333. The Morgan fingerprint density at radius 3 is 2.52 bits per heavy atom. The number of aromatic nitrogens is 4. The predicted octanol–water partition coefficient (Wildman–Crippen LogP) is 6.09. The zero-order valence-corrected chi connectivity index (χ0v) is 32.1. The van der Waals surface area contributed by atoms with E-state index in [1.807, 2.05) is 0 Å². The monoisotopic (exact) mass is 832 g/mol. The summed E-state index contributed by atoms with van der Waals surface area (Å²) in [5, 5.41) is 11.8. The van der Waals surface area contributed by atoms with Crippen LogP contribution in [0.25, 0.3) is 32.2 Å². The average Bonchev–Trinajstić information content (AvgIpc) is 3.56. The lowest BCUT2D eigenvalue weighted by molar-refractivity contribution is -0.0446. The number of carbonyl (C=O) groups is 1. The van der Waals surface area contributed by atoms with Crippen molar-refractivity contribution in [3.8, 4) is 29.0 Å². The molecule has 6 rings (SSSR count). The molecule has 0 spiro atoms. The lowest BCUT2D eigenvalue weighted by Crippen LogP contribution is -2.46. The topological polar surface area (TPSA) is 154 Å². The zero-order chi connectivity index (χ0) is 40.7. The van der Waals surface area contributed by atoms with E-state index in [1.54, 1.807) is 48.0 Å². The van der Waals surface area contributed by atoms with Gasteiger partial charge in [0.2, 0.25) is 0 Å². The number of halogens is 6. The minimum atomic E-state index is -5.97. The number of amides is 1. The quantitative estimate of drug-likeness (QED) is 0.144. The van der Waals surface area contributed by atoms with Gasteiger partial charge in [0, 0.05) is 66.4 Å². The van der Waals surface area contributed by atoms with E-state index < -0.39 is 32.9 Å². The fourth-order valence-electron chi connectivity index (χ4n) is 6.50. The molecule has 1 N–H and O–H groups in total. The molecule has 0 bridgehead atoms. The van der Waals surface area contributed by atoms with Crippen LogP contribution in [0.4, 0.5) is 27.8 Å². The summed E-state index contributed by atoms with van der Waals surface area (Å²) in [5.74, 6) is 2.23. The van der Waals surface area contributed by atoms with Crippen molar-refractivity contribution < 1.29 is 35.2 Å². The Hall–Kier alpha value is -5.21. The van der Waals surface area contributed by atoms with E-state index in [0.717, 1.165) is 23.0 Å². The van der Waals surface area contributed by atoms with Crippen LogP contribution in [-0.4, -0.2) is 82.9 Å². The summed E-state index contributed by atoms with van der Waals surface area (Å²) in [4.78, 5) is 43.2. The molecule has 20 heteroatoms. The van der Waals surface area contributed by atoms with Crippen LogP contribution in [0.5, 0.6) is 0 Å². The van der Waals surface area contributed by atoms with E-state index >= 15 is 0 Å². The number of anilines is 1. The molecule has 0 unspecified atom stereocenters. The van der Waals surface area contributed by atoms with Gasteiger partial charge in [0.15, 0.2) is 0 Å². The number of rotatable bonds is 8. The molecule has 1 aliphatic rings. The number of aryl methyl sites for hydroxylation is 1. The van der Waals surface area contributed by atoms with Crippen molar-refractivity contribution in [3.63, 3.8) is 0 Å². The molecule has 0 saturated carbocycles. The van der Waals surface area contributed by atoms with Crippen LogP contribution in [0.1, 0.15) is 47.1 Å². The average molecular weight is 833 g/mol. The first-order chi connectivity index (χ1) is 26.3. The number of piperidine rings is 1. The highest BCUT2D eigenvalue weighted by atomic mass is 35.5. The number of nitriles is 1. The maximum Gasteiger partial charge on any atom is 0.516 e. The number of fused-ring (bicyclic) bond motifs is 2. The number of sulfonamides is 1. The largest absolute Gasteiger partial charge is 0.516 e. The van der Waals surface area contributed by atoms with Gasteiger partial charge in [-0.25, -0.2) is 23.5 Å². The fourth-order valence-corrected chi connectivity index (χ4v) is 8.18. The molecule has 5 aromatic rings. The highest BCUT2D eigenvalue weighted by molar-refractivity contribution is 7.90. The first-order valence-corrected chi connectivity index (χ1v) is 19.5. The highest BCUT2D eigenvalue weighted by Gasteiger charge is 2.47. The first-order valence-electron chi connectivity index (χ1n) is 16.7. The SMILES string of the molecule is Cc1nc2cnc(N(C)C3CCN(CC(C)(F)F)CC3)c(C#N)c2c(=O)n1CC#Cc1ccc(Cl)cc1-c1ccnc2c(C(=O)NS(=O)(=O)C(F)(F)F)csc12.